The van der Waals surface area contributed by atoms with Crippen molar-refractivity contribution in [3.63, 3.8) is 0 Å². The van der Waals surface area contributed by atoms with E-state index in [4.69, 9.17) is 10.1 Å². The Kier molecular flexibility index (Phi) is 12.3. The Morgan fingerprint density at radius 1 is 1.02 bits per heavy atom. The van der Waals surface area contributed by atoms with Crippen molar-refractivity contribution >= 4 is 11.4 Å². The lowest BCUT2D eigenvalue weighted by molar-refractivity contribution is 0.262. The van der Waals surface area contributed by atoms with Gasteiger partial charge in [-0.05, 0) is 74.0 Å². The van der Waals surface area contributed by atoms with E-state index in [1.165, 1.54) is 23.3 Å². The van der Waals surface area contributed by atoms with E-state index >= 15 is 0 Å². The summed E-state index contributed by atoms with van der Waals surface area (Å²) in [5, 5.41) is 23.6. The van der Waals surface area contributed by atoms with Crippen LogP contribution in [0.3, 0.4) is 0 Å². The molecule has 0 fully saturated rings. The van der Waals surface area contributed by atoms with Crippen molar-refractivity contribution < 1.29 is 18.6 Å². The lowest BCUT2D eigenvalue weighted by Gasteiger charge is -2.34. The van der Waals surface area contributed by atoms with E-state index in [9.17, 15) is 13.9 Å². The average Bonchev–Trinajstić information content (AvgIpc) is 3.06. The molecule has 0 aromatic heterocycles. The number of aliphatic hydroxyl groups excluding tert-OH is 1. The molecule has 0 radical (unpaired) electrons. The summed E-state index contributed by atoms with van der Waals surface area (Å²) in [6.45, 7) is 12.5. The molecule has 7 heteroatoms. The third-order valence-corrected chi connectivity index (χ3v) is 8.74. The predicted octanol–water partition coefficient (Wildman–Crippen LogP) is 9.76. The molecule has 4 rings (SSSR count). The third kappa shape index (κ3) is 8.52. The van der Waals surface area contributed by atoms with Crippen LogP contribution in [0, 0.1) is 23.0 Å². The van der Waals surface area contributed by atoms with E-state index < -0.39 is 11.6 Å². The van der Waals surface area contributed by atoms with E-state index in [1.54, 1.807) is 6.92 Å². The predicted molar refractivity (Wildman–Crippen MR) is 185 cm³/mol. The smallest absolute Gasteiger partial charge is 0.134 e. The zero-order valence-electron chi connectivity index (χ0n) is 27.7. The summed E-state index contributed by atoms with van der Waals surface area (Å²) in [4.78, 5) is 2.43. The third-order valence-electron chi connectivity index (χ3n) is 8.74. The van der Waals surface area contributed by atoms with Gasteiger partial charge in [0.2, 0.25) is 0 Å². The molecule has 0 spiro atoms. The first-order chi connectivity index (χ1) is 22.2. The SMILES string of the molecule is CCOc1cc(F)c(CNc2ccccc2C(=N)/C(C)=C/C(CC)C2=C(C(O)=C(C)CC)CCN(Cc3ccccc3)C2)c(F)c1. The quantitative estimate of drug-likeness (QED) is 0.123. The maximum absolute atomic E-state index is 14.8. The molecule has 0 saturated carbocycles. The number of allylic oxidation sites excluding steroid dienone is 4. The minimum atomic E-state index is -0.682. The van der Waals surface area contributed by atoms with Gasteiger partial charge in [-0.2, -0.15) is 0 Å². The van der Waals surface area contributed by atoms with Crippen molar-refractivity contribution in [3.05, 3.63) is 129 Å². The summed E-state index contributed by atoms with van der Waals surface area (Å²) >= 11 is 0. The van der Waals surface area contributed by atoms with Crippen molar-refractivity contribution in [1.82, 2.24) is 4.90 Å². The van der Waals surface area contributed by atoms with Gasteiger partial charge in [-0.25, -0.2) is 8.78 Å². The molecule has 0 saturated heterocycles. The van der Waals surface area contributed by atoms with Crippen molar-refractivity contribution in [2.24, 2.45) is 5.92 Å². The van der Waals surface area contributed by atoms with E-state index in [1.807, 2.05) is 44.2 Å². The Morgan fingerprint density at radius 3 is 2.35 bits per heavy atom. The topological polar surface area (TPSA) is 68.6 Å². The van der Waals surface area contributed by atoms with Gasteiger partial charge in [0, 0.05) is 61.0 Å². The fourth-order valence-electron chi connectivity index (χ4n) is 5.96. The summed E-state index contributed by atoms with van der Waals surface area (Å²) in [7, 11) is 0. The molecule has 1 aliphatic heterocycles. The fourth-order valence-corrected chi connectivity index (χ4v) is 5.96. The van der Waals surface area contributed by atoms with Gasteiger partial charge < -0.3 is 15.2 Å². The standard InChI is InChI=1S/C39H47F2N3O2/c1-6-26(4)39(45)31-18-19-44(24-28-14-10-9-11-15-28)25-34(31)29(7-2)20-27(5)38(42)32-16-12-13-17-37(32)43-23-33-35(40)21-30(46-8-3)22-36(33)41/h9-17,20-22,29,42-43,45H,6-8,18-19,23-25H2,1-5H3/b27-20+,39-26?,42-38?. The molecule has 5 nitrogen and oxygen atoms in total. The van der Waals surface area contributed by atoms with E-state index in [-0.39, 0.29) is 23.8 Å². The van der Waals surface area contributed by atoms with E-state index in [0.717, 1.165) is 55.6 Å². The lowest BCUT2D eigenvalue weighted by atomic mass is 9.84. The number of hydrogen-bond donors (Lipinski definition) is 3. The van der Waals surface area contributed by atoms with Crippen LogP contribution in [-0.4, -0.2) is 35.4 Å². The van der Waals surface area contributed by atoms with Crippen molar-refractivity contribution in [2.45, 2.75) is 67.0 Å². The Bertz CT molecular complexity index is 1590. The van der Waals surface area contributed by atoms with Crippen LogP contribution < -0.4 is 10.1 Å². The zero-order chi connectivity index (χ0) is 33.2. The summed E-state index contributed by atoms with van der Waals surface area (Å²) < 4.78 is 34.8. The minimum absolute atomic E-state index is 0.0212. The first-order valence-corrected chi connectivity index (χ1v) is 16.2. The maximum atomic E-state index is 14.8. The molecule has 1 heterocycles. The fraction of sp³-hybridized carbons (Fsp3) is 0.359. The van der Waals surface area contributed by atoms with Crippen LogP contribution >= 0.6 is 0 Å². The molecule has 3 aromatic carbocycles. The number of rotatable bonds is 14. The Hall–Kier alpha value is -4.23. The number of hydrogen-bond acceptors (Lipinski definition) is 5. The molecule has 3 N–H and O–H groups in total. The number of nitrogens with one attached hydrogen (secondary N) is 2. The van der Waals surface area contributed by atoms with Crippen molar-refractivity contribution in [3.8, 4) is 5.75 Å². The summed E-state index contributed by atoms with van der Waals surface area (Å²) in [6.07, 6.45) is 4.50. The average molecular weight is 628 g/mol. The monoisotopic (exact) mass is 627 g/mol. The van der Waals surface area contributed by atoms with Gasteiger partial charge in [0.05, 0.1) is 12.3 Å². The second kappa shape index (κ2) is 16.4. The Labute approximate surface area is 272 Å². The van der Waals surface area contributed by atoms with Crippen molar-refractivity contribution in [1.29, 1.82) is 5.41 Å². The highest BCUT2D eigenvalue weighted by molar-refractivity contribution is 6.13. The van der Waals surface area contributed by atoms with Crippen LogP contribution in [0.4, 0.5) is 14.5 Å². The van der Waals surface area contributed by atoms with Crippen molar-refractivity contribution in [2.75, 3.05) is 25.0 Å². The second-order valence-electron chi connectivity index (χ2n) is 11.9. The van der Waals surface area contributed by atoms with Gasteiger partial charge in [0.15, 0.2) is 0 Å². The molecular weight excluding hydrogens is 580 g/mol. The molecule has 1 unspecified atom stereocenters. The molecule has 1 atom stereocenters. The van der Waals surface area contributed by atoms with Gasteiger partial charge in [-0.15, -0.1) is 0 Å². The normalized spacial score (nSPS) is 15.4. The van der Waals surface area contributed by atoms with Crippen LogP contribution in [0.1, 0.15) is 70.6 Å². The minimum Gasteiger partial charge on any atom is -0.508 e. The summed E-state index contributed by atoms with van der Waals surface area (Å²) in [5.74, 6) is -0.784. The van der Waals surface area contributed by atoms with Crippen LogP contribution in [0.5, 0.6) is 5.75 Å². The number of benzene rings is 3. The number of para-hydroxylation sites is 1. The highest BCUT2D eigenvalue weighted by atomic mass is 19.1. The highest BCUT2D eigenvalue weighted by Crippen LogP contribution is 2.34. The lowest BCUT2D eigenvalue weighted by Crippen LogP contribution is -2.34. The van der Waals surface area contributed by atoms with Crippen LogP contribution in [0.15, 0.2) is 101 Å². The molecule has 1 aliphatic rings. The maximum Gasteiger partial charge on any atom is 0.134 e. The molecule has 0 amide bonds. The Balaban J connectivity index is 1.61. The van der Waals surface area contributed by atoms with Gasteiger partial charge in [-0.1, -0.05) is 68.5 Å². The number of anilines is 1. The van der Waals surface area contributed by atoms with Gasteiger partial charge >= 0.3 is 0 Å². The molecule has 46 heavy (non-hydrogen) atoms. The summed E-state index contributed by atoms with van der Waals surface area (Å²) in [6, 6.07) is 20.2. The van der Waals surface area contributed by atoms with Gasteiger partial charge in [0.25, 0.3) is 0 Å². The van der Waals surface area contributed by atoms with Gasteiger partial charge in [-0.3, -0.25) is 10.3 Å². The molecule has 3 aromatic rings. The van der Waals surface area contributed by atoms with Crippen LogP contribution in [0.2, 0.25) is 0 Å². The molecule has 244 valence electrons. The Morgan fingerprint density at radius 2 is 1.70 bits per heavy atom. The first kappa shape index (κ1) is 34.6. The van der Waals surface area contributed by atoms with Crippen LogP contribution in [-0.2, 0) is 13.1 Å². The number of aliphatic hydroxyl groups is 1. The number of nitrogens with zero attached hydrogens (tertiary/aromatic N) is 1. The largest absolute Gasteiger partial charge is 0.508 e. The van der Waals surface area contributed by atoms with E-state index in [2.05, 4.69) is 54.4 Å². The molecule has 0 aliphatic carbocycles. The van der Waals surface area contributed by atoms with Gasteiger partial charge in [0.1, 0.15) is 23.1 Å². The number of ether oxygens (including phenoxy) is 1. The number of halogens is 2. The van der Waals surface area contributed by atoms with Crippen LogP contribution in [0.25, 0.3) is 0 Å². The zero-order valence-corrected chi connectivity index (χ0v) is 27.7. The van der Waals surface area contributed by atoms with E-state index in [0.29, 0.717) is 29.3 Å². The summed E-state index contributed by atoms with van der Waals surface area (Å²) in [5.41, 5.74) is 6.74. The second-order valence-corrected chi connectivity index (χ2v) is 11.9. The first-order valence-electron chi connectivity index (χ1n) is 16.2. The molecule has 0 bridgehead atoms. The molecular formula is C39H47F2N3O2. The highest BCUT2D eigenvalue weighted by Gasteiger charge is 2.26.